The van der Waals surface area contributed by atoms with E-state index in [1.54, 1.807) is 13.1 Å². The van der Waals surface area contributed by atoms with E-state index in [9.17, 15) is 4.79 Å². The summed E-state index contributed by atoms with van der Waals surface area (Å²) in [4.78, 5) is 10.6. The van der Waals surface area contributed by atoms with E-state index in [1.165, 1.54) is 18.0 Å². The van der Waals surface area contributed by atoms with Gasteiger partial charge in [0.1, 0.15) is 0 Å². The van der Waals surface area contributed by atoms with Crippen molar-refractivity contribution in [2.75, 3.05) is 7.11 Å². The van der Waals surface area contributed by atoms with Crippen molar-refractivity contribution < 1.29 is 14.6 Å². The van der Waals surface area contributed by atoms with Gasteiger partial charge < -0.3 is 9.84 Å². The van der Waals surface area contributed by atoms with Crippen LogP contribution < -0.4 is 0 Å². The molecule has 0 aromatic carbocycles. The number of aryl methyl sites for hydroxylation is 1. The lowest BCUT2D eigenvalue weighted by Crippen LogP contribution is -2.16. The molecule has 5 nitrogen and oxygen atoms in total. The van der Waals surface area contributed by atoms with Crippen molar-refractivity contribution in [3.05, 3.63) is 18.0 Å². The van der Waals surface area contributed by atoms with Crippen LogP contribution in [0.2, 0.25) is 0 Å². The average Bonchev–Trinajstić information content (AvgIpc) is 2.38. The van der Waals surface area contributed by atoms with Crippen LogP contribution in [0, 0.1) is 0 Å². The number of carboxylic acid groups (broad SMARTS) is 1. The highest BCUT2D eigenvalue weighted by Crippen LogP contribution is 2.14. The number of nitrogens with zero attached hydrogens (tertiary/aromatic N) is 2. The Labute approximate surface area is 69.6 Å². The van der Waals surface area contributed by atoms with E-state index in [1.807, 2.05) is 0 Å². The number of aromatic nitrogens is 2. The minimum absolute atomic E-state index is 0.532. The molecule has 66 valence electrons. The quantitative estimate of drug-likeness (QED) is 0.703. The summed E-state index contributed by atoms with van der Waals surface area (Å²) < 4.78 is 6.25. The number of rotatable bonds is 3. The summed E-state index contributed by atoms with van der Waals surface area (Å²) in [5.41, 5.74) is 0.532. The lowest BCUT2D eigenvalue weighted by Gasteiger charge is -2.09. The fourth-order valence-corrected chi connectivity index (χ4v) is 0.989. The number of aliphatic carboxylic acids is 1. The highest BCUT2D eigenvalue weighted by Gasteiger charge is 2.21. The van der Waals surface area contributed by atoms with Gasteiger partial charge in [0.15, 0.2) is 6.10 Å². The van der Waals surface area contributed by atoms with Crippen molar-refractivity contribution >= 4 is 5.97 Å². The van der Waals surface area contributed by atoms with Crippen LogP contribution in [-0.4, -0.2) is 28.0 Å². The monoisotopic (exact) mass is 170 g/mol. The zero-order valence-corrected chi connectivity index (χ0v) is 6.89. The van der Waals surface area contributed by atoms with Gasteiger partial charge in [0.05, 0.1) is 5.69 Å². The predicted molar refractivity (Wildman–Crippen MR) is 40.6 cm³/mol. The molecule has 5 heteroatoms. The molecule has 1 N–H and O–H groups in total. The first-order valence-electron chi connectivity index (χ1n) is 3.40. The van der Waals surface area contributed by atoms with Crippen LogP contribution in [0.4, 0.5) is 0 Å². The van der Waals surface area contributed by atoms with Gasteiger partial charge in [-0.15, -0.1) is 0 Å². The maximum atomic E-state index is 10.6. The lowest BCUT2D eigenvalue weighted by molar-refractivity contribution is -0.149. The van der Waals surface area contributed by atoms with Crippen molar-refractivity contribution in [2.24, 2.45) is 7.05 Å². The first kappa shape index (κ1) is 8.73. The Kier molecular flexibility index (Phi) is 2.44. The maximum absolute atomic E-state index is 10.6. The Hall–Kier alpha value is -1.36. The topological polar surface area (TPSA) is 64.3 Å². The average molecular weight is 170 g/mol. The molecule has 0 radical (unpaired) electrons. The molecule has 0 aliphatic heterocycles. The molecule has 0 aliphatic carbocycles. The summed E-state index contributed by atoms with van der Waals surface area (Å²) in [6.07, 6.45) is 0.599. The lowest BCUT2D eigenvalue weighted by atomic mass is 10.2. The minimum atomic E-state index is -1.01. The summed E-state index contributed by atoms with van der Waals surface area (Å²) in [5.74, 6) is -1.01. The van der Waals surface area contributed by atoms with Crippen molar-refractivity contribution in [2.45, 2.75) is 6.10 Å². The van der Waals surface area contributed by atoms with Crippen LogP contribution in [0.5, 0.6) is 0 Å². The van der Waals surface area contributed by atoms with Gasteiger partial charge in [0.2, 0.25) is 0 Å². The van der Waals surface area contributed by atoms with Crippen LogP contribution in [0.1, 0.15) is 11.8 Å². The van der Waals surface area contributed by atoms with Gasteiger partial charge in [0, 0.05) is 20.4 Å². The van der Waals surface area contributed by atoms with Crippen LogP contribution in [0.15, 0.2) is 12.3 Å². The maximum Gasteiger partial charge on any atom is 0.339 e. The first-order valence-corrected chi connectivity index (χ1v) is 3.40. The van der Waals surface area contributed by atoms with E-state index >= 15 is 0 Å². The molecule has 0 spiro atoms. The van der Waals surface area contributed by atoms with Gasteiger partial charge in [-0.25, -0.2) is 4.79 Å². The van der Waals surface area contributed by atoms with E-state index < -0.39 is 12.1 Å². The third-order valence-corrected chi connectivity index (χ3v) is 1.59. The Bertz CT molecular complexity index is 282. The number of carbonyl (C=O) groups is 1. The van der Waals surface area contributed by atoms with Crippen LogP contribution in [0.25, 0.3) is 0 Å². The SMILES string of the molecule is COC(C(=O)O)c1ccnn1C. The van der Waals surface area contributed by atoms with Crippen LogP contribution in [0.3, 0.4) is 0 Å². The number of ether oxygens (including phenoxy) is 1. The molecule has 1 aromatic heterocycles. The summed E-state index contributed by atoms with van der Waals surface area (Å²) in [6.45, 7) is 0. The van der Waals surface area contributed by atoms with Gasteiger partial charge >= 0.3 is 5.97 Å². The molecule has 1 heterocycles. The molecule has 1 atom stereocenters. The third-order valence-electron chi connectivity index (χ3n) is 1.59. The van der Waals surface area contributed by atoms with Crippen molar-refractivity contribution in [1.29, 1.82) is 0 Å². The molecule has 0 amide bonds. The summed E-state index contributed by atoms with van der Waals surface area (Å²) >= 11 is 0. The number of methoxy groups -OCH3 is 1. The Morgan fingerprint density at radius 2 is 2.50 bits per heavy atom. The molecule has 0 fully saturated rings. The zero-order valence-electron chi connectivity index (χ0n) is 6.89. The summed E-state index contributed by atoms with van der Waals surface area (Å²) in [7, 11) is 3.02. The van der Waals surface area contributed by atoms with E-state index in [0.717, 1.165) is 0 Å². The molecule has 0 saturated heterocycles. The number of carboxylic acids is 1. The van der Waals surface area contributed by atoms with Gasteiger partial charge in [-0.05, 0) is 6.07 Å². The second kappa shape index (κ2) is 3.36. The predicted octanol–water partition coefficient (Wildman–Crippen LogP) is 0.192. The van der Waals surface area contributed by atoms with E-state index in [4.69, 9.17) is 9.84 Å². The fourth-order valence-electron chi connectivity index (χ4n) is 0.989. The molecule has 1 rings (SSSR count). The highest BCUT2D eigenvalue weighted by atomic mass is 16.5. The van der Waals surface area contributed by atoms with Crippen LogP contribution in [-0.2, 0) is 16.6 Å². The van der Waals surface area contributed by atoms with E-state index in [-0.39, 0.29) is 0 Å². The normalized spacial score (nSPS) is 12.8. The minimum Gasteiger partial charge on any atom is -0.479 e. The van der Waals surface area contributed by atoms with Gasteiger partial charge in [-0.3, -0.25) is 4.68 Å². The van der Waals surface area contributed by atoms with Gasteiger partial charge in [0.25, 0.3) is 0 Å². The molecule has 0 aliphatic rings. The molecule has 12 heavy (non-hydrogen) atoms. The van der Waals surface area contributed by atoms with Gasteiger partial charge in [-0.2, -0.15) is 5.10 Å². The van der Waals surface area contributed by atoms with E-state index in [0.29, 0.717) is 5.69 Å². The fraction of sp³-hybridized carbons (Fsp3) is 0.429. The zero-order chi connectivity index (χ0) is 9.14. The largest absolute Gasteiger partial charge is 0.479 e. The Morgan fingerprint density at radius 1 is 1.83 bits per heavy atom. The molecule has 0 saturated carbocycles. The number of hydrogen-bond acceptors (Lipinski definition) is 3. The van der Waals surface area contributed by atoms with Crippen molar-refractivity contribution in [3.63, 3.8) is 0 Å². The molecular formula is C7H10N2O3. The standard InChI is InChI=1S/C7H10N2O3/c1-9-5(3-4-8-9)6(12-2)7(10)11/h3-4,6H,1-2H3,(H,10,11). The Morgan fingerprint density at radius 3 is 2.83 bits per heavy atom. The molecule has 1 aromatic rings. The molecule has 1 unspecified atom stereocenters. The Balaban J connectivity index is 2.94. The first-order chi connectivity index (χ1) is 5.66. The highest BCUT2D eigenvalue weighted by molar-refractivity contribution is 5.73. The smallest absolute Gasteiger partial charge is 0.339 e. The molecule has 0 bridgehead atoms. The summed E-state index contributed by atoms with van der Waals surface area (Å²) in [6, 6.07) is 1.61. The van der Waals surface area contributed by atoms with Gasteiger partial charge in [-0.1, -0.05) is 0 Å². The summed E-state index contributed by atoms with van der Waals surface area (Å²) in [5, 5.41) is 12.5. The second-order valence-corrected chi connectivity index (χ2v) is 2.33. The second-order valence-electron chi connectivity index (χ2n) is 2.33. The van der Waals surface area contributed by atoms with Crippen molar-refractivity contribution in [3.8, 4) is 0 Å². The van der Waals surface area contributed by atoms with E-state index in [2.05, 4.69) is 5.10 Å². The number of hydrogen-bond donors (Lipinski definition) is 1. The third kappa shape index (κ3) is 1.45. The van der Waals surface area contributed by atoms with Crippen molar-refractivity contribution in [1.82, 2.24) is 9.78 Å². The van der Waals surface area contributed by atoms with Crippen LogP contribution >= 0.6 is 0 Å². The molecular weight excluding hydrogens is 160 g/mol.